The van der Waals surface area contributed by atoms with Crippen molar-refractivity contribution in [3.8, 4) is 0 Å². The summed E-state index contributed by atoms with van der Waals surface area (Å²) in [6.07, 6.45) is 1.36. The van der Waals surface area contributed by atoms with Gasteiger partial charge in [0.15, 0.2) is 0 Å². The average Bonchev–Trinajstić information content (AvgIpc) is 3.12. The van der Waals surface area contributed by atoms with E-state index in [1.165, 1.54) is 17.5 Å². The number of para-hydroxylation sites is 1. The molecule has 2 atom stereocenters. The summed E-state index contributed by atoms with van der Waals surface area (Å²) in [6.45, 7) is 3.94. The molecule has 100 valence electrons. The highest BCUT2D eigenvalue weighted by molar-refractivity contribution is 5.91. The van der Waals surface area contributed by atoms with Crippen molar-refractivity contribution in [1.29, 1.82) is 0 Å². The van der Waals surface area contributed by atoms with Crippen LogP contribution in [0.2, 0.25) is 0 Å². The van der Waals surface area contributed by atoms with E-state index in [1.54, 1.807) is 0 Å². The number of nitrogens with zero attached hydrogens (tertiary/aromatic N) is 2. The first-order chi connectivity index (χ1) is 9.19. The van der Waals surface area contributed by atoms with E-state index < -0.39 is 0 Å². The second-order valence-electron chi connectivity index (χ2n) is 5.71. The maximum atomic E-state index is 5.76. The minimum absolute atomic E-state index is 0.492. The van der Waals surface area contributed by atoms with Crippen LogP contribution in [0.15, 0.2) is 30.3 Å². The van der Waals surface area contributed by atoms with Crippen LogP contribution in [0.25, 0.3) is 10.9 Å². The van der Waals surface area contributed by atoms with Crippen molar-refractivity contribution in [3.05, 3.63) is 36.0 Å². The molecule has 0 aliphatic heterocycles. The Morgan fingerprint density at radius 3 is 2.79 bits per heavy atom. The maximum Gasteiger partial charge on any atom is 0.0726 e. The third-order valence-electron chi connectivity index (χ3n) is 4.15. The van der Waals surface area contributed by atoms with Gasteiger partial charge >= 0.3 is 0 Å². The fourth-order valence-electron chi connectivity index (χ4n) is 2.73. The zero-order valence-electron chi connectivity index (χ0n) is 11.6. The number of nitrogens with two attached hydrogens (primary N) is 1. The SMILES string of the molecule is CC1CC1CN(C)c1cc(CN)nc2ccccc12. The summed E-state index contributed by atoms with van der Waals surface area (Å²) in [6, 6.07) is 10.4. The van der Waals surface area contributed by atoms with Crippen molar-refractivity contribution < 1.29 is 0 Å². The van der Waals surface area contributed by atoms with Gasteiger partial charge in [-0.25, -0.2) is 0 Å². The van der Waals surface area contributed by atoms with Crippen LogP contribution in [-0.4, -0.2) is 18.6 Å². The number of rotatable bonds is 4. The summed E-state index contributed by atoms with van der Waals surface area (Å²) in [5.41, 5.74) is 9.02. The summed E-state index contributed by atoms with van der Waals surface area (Å²) in [4.78, 5) is 6.95. The standard InChI is InChI=1S/C16H21N3/c1-11-7-12(11)10-19(2)16-8-13(9-17)18-15-6-4-3-5-14(15)16/h3-6,8,11-12H,7,9-10,17H2,1-2H3. The van der Waals surface area contributed by atoms with Gasteiger partial charge in [0.05, 0.1) is 11.2 Å². The first kappa shape index (κ1) is 12.4. The zero-order valence-corrected chi connectivity index (χ0v) is 11.6. The highest BCUT2D eigenvalue weighted by atomic mass is 15.1. The van der Waals surface area contributed by atoms with Gasteiger partial charge < -0.3 is 10.6 Å². The third kappa shape index (κ3) is 2.43. The molecule has 0 saturated heterocycles. The number of fused-ring (bicyclic) bond motifs is 1. The minimum atomic E-state index is 0.492. The topological polar surface area (TPSA) is 42.1 Å². The van der Waals surface area contributed by atoms with E-state index in [-0.39, 0.29) is 0 Å². The first-order valence-corrected chi connectivity index (χ1v) is 6.99. The summed E-state index contributed by atoms with van der Waals surface area (Å²) in [5.74, 6) is 1.72. The van der Waals surface area contributed by atoms with E-state index >= 15 is 0 Å². The van der Waals surface area contributed by atoms with E-state index in [4.69, 9.17) is 5.73 Å². The molecule has 1 aliphatic carbocycles. The molecule has 0 bridgehead atoms. The van der Waals surface area contributed by atoms with E-state index in [0.29, 0.717) is 6.54 Å². The molecule has 3 rings (SSSR count). The molecule has 1 heterocycles. The van der Waals surface area contributed by atoms with Crippen LogP contribution < -0.4 is 10.6 Å². The van der Waals surface area contributed by atoms with Gasteiger partial charge in [0, 0.05) is 31.2 Å². The molecule has 1 aromatic heterocycles. The summed E-state index contributed by atoms with van der Waals surface area (Å²) < 4.78 is 0. The van der Waals surface area contributed by atoms with Crippen molar-refractivity contribution in [1.82, 2.24) is 4.98 Å². The molecule has 19 heavy (non-hydrogen) atoms. The molecular formula is C16H21N3. The monoisotopic (exact) mass is 255 g/mol. The van der Waals surface area contributed by atoms with Crippen LogP contribution in [0.4, 0.5) is 5.69 Å². The smallest absolute Gasteiger partial charge is 0.0726 e. The van der Waals surface area contributed by atoms with E-state index in [0.717, 1.165) is 29.6 Å². The van der Waals surface area contributed by atoms with Crippen LogP contribution in [-0.2, 0) is 6.54 Å². The Bertz CT molecular complexity index is 594. The molecule has 3 heteroatoms. The fraction of sp³-hybridized carbons (Fsp3) is 0.438. The highest BCUT2D eigenvalue weighted by Crippen LogP contribution is 2.39. The van der Waals surface area contributed by atoms with Crippen molar-refractivity contribution in [2.24, 2.45) is 17.6 Å². The van der Waals surface area contributed by atoms with Crippen LogP contribution in [0, 0.1) is 11.8 Å². The van der Waals surface area contributed by atoms with Gasteiger partial charge in [-0.3, -0.25) is 4.98 Å². The lowest BCUT2D eigenvalue weighted by molar-refractivity contribution is 0.726. The van der Waals surface area contributed by atoms with Crippen molar-refractivity contribution in [3.63, 3.8) is 0 Å². The Hall–Kier alpha value is -1.61. The highest BCUT2D eigenvalue weighted by Gasteiger charge is 2.33. The largest absolute Gasteiger partial charge is 0.374 e. The number of anilines is 1. The third-order valence-corrected chi connectivity index (χ3v) is 4.15. The zero-order chi connectivity index (χ0) is 13.4. The fourth-order valence-corrected chi connectivity index (χ4v) is 2.73. The van der Waals surface area contributed by atoms with Gasteiger partial charge in [0.1, 0.15) is 0 Å². The summed E-state index contributed by atoms with van der Waals surface area (Å²) >= 11 is 0. The second kappa shape index (κ2) is 4.82. The van der Waals surface area contributed by atoms with Crippen molar-refractivity contribution in [2.75, 3.05) is 18.5 Å². The van der Waals surface area contributed by atoms with E-state index in [1.807, 2.05) is 6.07 Å². The van der Waals surface area contributed by atoms with Gasteiger partial charge in [0.2, 0.25) is 0 Å². The number of hydrogen-bond acceptors (Lipinski definition) is 3. The lowest BCUT2D eigenvalue weighted by atomic mass is 10.1. The van der Waals surface area contributed by atoms with Gasteiger partial charge in [-0.15, -0.1) is 0 Å². The minimum Gasteiger partial charge on any atom is -0.374 e. The van der Waals surface area contributed by atoms with Crippen LogP contribution in [0.1, 0.15) is 19.0 Å². The molecule has 3 nitrogen and oxygen atoms in total. The average molecular weight is 255 g/mol. The summed E-state index contributed by atoms with van der Waals surface area (Å²) in [7, 11) is 2.17. The molecule has 0 radical (unpaired) electrons. The normalized spacial score (nSPS) is 21.6. The molecule has 2 unspecified atom stereocenters. The Morgan fingerprint density at radius 1 is 1.37 bits per heavy atom. The molecule has 1 aliphatic rings. The van der Waals surface area contributed by atoms with Gasteiger partial charge in [-0.05, 0) is 30.4 Å². The quantitative estimate of drug-likeness (QED) is 0.913. The maximum absolute atomic E-state index is 5.76. The molecular weight excluding hydrogens is 234 g/mol. The molecule has 1 saturated carbocycles. The lowest BCUT2D eigenvalue weighted by Gasteiger charge is -2.22. The molecule has 2 N–H and O–H groups in total. The summed E-state index contributed by atoms with van der Waals surface area (Å²) in [5, 5.41) is 1.22. The van der Waals surface area contributed by atoms with E-state index in [2.05, 4.69) is 48.1 Å². The van der Waals surface area contributed by atoms with Gasteiger partial charge in [0.25, 0.3) is 0 Å². The molecule has 0 spiro atoms. The first-order valence-electron chi connectivity index (χ1n) is 6.99. The molecule has 1 aromatic carbocycles. The van der Waals surface area contributed by atoms with Gasteiger partial charge in [-0.1, -0.05) is 25.1 Å². The number of pyridine rings is 1. The van der Waals surface area contributed by atoms with Crippen LogP contribution in [0.3, 0.4) is 0 Å². The molecule has 2 aromatic rings. The van der Waals surface area contributed by atoms with Crippen molar-refractivity contribution >= 4 is 16.6 Å². The number of aromatic nitrogens is 1. The van der Waals surface area contributed by atoms with E-state index in [9.17, 15) is 0 Å². The predicted molar refractivity (Wildman–Crippen MR) is 80.2 cm³/mol. The van der Waals surface area contributed by atoms with Crippen LogP contribution in [0.5, 0.6) is 0 Å². The molecule has 1 fully saturated rings. The van der Waals surface area contributed by atoms with Gasteiger partial charge in [-0.2, -0.15) is 0 Å². The van der Waals surface area contributed by atoms with Crippen LogP contribution >= 0.6 is 0 Å². The number of hydrogen-bond donors (Lipinski definition) is 1. The van der Waals surface area contributed by atoms with Crippen molar-refractivity contribution in [2.45, 2.75) is 19.9 Å². The molecule has 0 amide bonds. The predicted octanol–water partition coefficient (Wildman–Crippen LogP) is 2.79. The Kier molecular flexibility index (Phi) is 3.15. The second-order valence-corrected chi connectivity index (χ2v) is 5.71. The Balaban J connectivity index is 2.00. The number of benzene rings is 1. The lowest BCUT2D eigenvalue weighted by Crippen LogP contribution is -2.21. The Labute approximate surface area is 114 Å². The Morgan fingerprint density at radius 2 is 2.11 bits per heavy atom.